The number of hydrogen-bond acceptors (Lipinski definition) is 4. The fourth-order valence-corrected chi connectivity index (χ4v) is 4.50. The Hall–Kier alpha value is -2.42. The van der Waals surface area contributed by atoms with Crippen molar-refractivity contribution >= 4 is 33.4 Å². The first-order valence-electron chi connectivity index (χ1n) is 9.83. The maximum absolute atomic E-state index is 13.3. The Labute approximate surface area is 188 Å². The summed E-state index contributed by atoms with van der Waals surface area (Å²) in [7, 11) is -3.65. The largest absolute Gasteiger partial charge is 0.350 e. The van der Waals surface area contributed by atoms with Crippen molar-refractivity contribution in [1.82, 2.24) is 14.5 Å². The second-order valence-electron chi connectivity index (χ2n) is 8.08. The number of sulfonamides is 1. The number of nitrogens with one attached hydrogen (secondary N) is 1. The number of benzene rings is 2. The highest BCUT2D eigenvalue weighted by molar-refractivity contribution is 7.88. The van der Waals surface area contributed by atoms with E-state index in [-0.39, 0.29) is 26.2 Å². The smallest absolute Gasteiger partial charge is 0.247 e. The molecule has 1 aliphatic heterocycles. The Balaban J connectivity index is 1.87. The molecule has 9 heteroatoms. The van der Waals surface area contributed by atoms with Crippen molar-refractivity contribution < 1.29 is 18.0 Å². The van der Waals surface area contributed by atoms with Crippen LogP contribution in [0.5, 0.6) is 0 Å². The van der Waals surface area contributed by atoms with Gasteiger partial charge in [0.2, 0.25) is 21.8 Å². The number of carbonyl (C=O) groups is 2. The average molecular weight is 464 g/mol. The number of halogens is 1. The number of carbonyl (C=O) groups excluding carboxylic acids is 2. The van der Waals surface area contributed by atoms with Gasteiger partial charge >= 0.3 is 0 Å². The monoisotopic (exact) mass is 463 g/mol. The van der Waals surface area contributed by atoms with Gasteiger partial charge in [-0.2, -0.15) is 4.31 Å². The fraction of sp³-hybridized carbons (Fsp3) is 0.364. The molecule has 1 fully saturated rings. The van der Waals surface area contributed by atoms with Gasteiger partial charge in [-0.3, -0.25) is 9.59 Å². The Kier molecular flexibility index (Phi) is 6.73. The van der Waals surface area contributed by atoms with E-state index in [4.69, 9.17) is 11.6 Å². The third kappa shape index (κ3) is 5.44. The summed E-state index contributed by atoms with van der Waals surface area (Å²) in [5, 5.41) is 3.44. The van der Waals surface area contributed by atoms with Crippen LogP contribution < -0.4 is 5.32 Å². The van der Waals surface area contributed by atoms with E-state index < -0.39 is 27.4 Å². The quantitative estimate of drug-likeness (QED) is 0.712. The lowest BCUT2D eigenvalue weighted by atomic mass is 9.94. The van der Waals surface area contributed by atoms with Crippen LogP contribution in [0.4, 0.5) is 0 Å². The lowest BCUT2D eigenvalue weighted by Crippen LogP contribution is -2.69. The first-order valence-corrected chi connectivity index (χ1v) is 12.1. The molecule has 0 bridgehead atoms. The van der Waals surface area contributed by atoms with Gasteiger partial charge in [0.25, 0.3) is 0 Å². The molecule has 166 valence electrons. The Morgan fingerprint density at radius 3 is 2.26 bits per heavy atom. The zero-order valence-electron chi connectivity index (χ0n) is 17.8. The normalized spacial score (nSPS) is 20.0. The molecule has 7 nitrogen and oxygen atoms in total. The molecule has 0 aliphatic carbocycles. The van der Waals surface area contributed by atoms with Crippen LogP contribution in [-0.4, -0.2) is 54.3 Å². The molecule has 2 aromatic carbocycles. The first-order chi connectivity index (χ1) is 14.5. The Bertz CT molecular complexity index is 1070. The molecule has 3 rings (SSSR count). The third-order valence-corrected chi connectivity index (χ3v) is 6.93. The molecule has 1 saturated heterocycles. The van der Waals surface area contributed by atoms with E-state index in [1.54, 1.807) is 31.2 Å². The molecule has 0 radical (unpaired) electrons. The summed E-state index contributed by atoms with van der Waals surface area (Å²) in [5.74, 6) is -0.836. The number of rotatable bonds is 6. The van der Waals surface area contributed by atoms with Crippen molar-refractivity contribution in [3.63, 3.8) is 0 Å². The van der Waals surface area contributed by atoms with Crippen molar-refractivity contribution in [3.8, 4) is 0 Å². The summed E-state index contributed by atoms with van der Waals surface area (Å²) < 4.78 is 25.4. The molecule has 1 atom stereocenters. The molecule has 0 aromatic heterocycles. The minimum Gasteiger partial charge on any atom is -0.350 e. The van der Waals surface area contributed by atoms with E-state index in [0.717, 1.165) is 27.3 Å². The van der Waals surface area contributed by atoms with Gasteiger partial charge < -0.3 is 10.2 Å². The van der Waals surface area contributed by atoms with Crippen molar-refractivity contribution in [3.05, 3.63) is 70.2 Å². The number of aryl methyl sites for hydroxylation is 1. The highest BCUT2D eigenvalue weighted by Gasteiger charge is 2.49. The summed E-state index contributed by atoms with van der Waals surface area (Å²) in [6, 6.07) is 14.7. The van der Waals surface area contributed by atoms with Gasteiger partial charge in [0.15, 0.2) is 0 Å². The van der Waals surface area contributed by atoms with E-state index in [2.05, 4.69) is 5.32 Å². The standard InChI is InChI=1S/C22H26ClN3O4S/c1-16-4-6-18(7-5-16)13-26-20(27)14-25(31(3,29)30)15-22(26,2)21(28)24-12-17-8-10-19(23)11-9-17/h4-11H,12-15H2,1-3H3,(H,24,28)/t22-/m0/s1. The van der Waals surface area contributed by atoms with Crippen molar-refractivity contribution in [2.24, 2.45) is 0 Å². The second kappa shape index (κ2) is 8.98. The van der Waals surface area contributed by atoms with Crippen molar-refractivity contribution in [2.45, 2.75) is 32.5 Å². The van der Waals surface area contributed by atoms with Gasteiger partial charge in [-0.25, -0.2) is 8.42 Å². The molecule has 31 heavy (non-hydrogen) atoms. The summed E-state index contributed by atoms with van der Waals surface area (Å²) in [4.78, 5) is 27.7. The SMILES string of the molecule is Cc1ccc(CN2C(=O)CN(S(C)(=O)=O)C[C@@]2(C)C(=O)NCc2ccc(Cl)cc2)cc1. The van der Waals surface area contributed by atoms with E-state index in [1.807, 2.05) is 31.2 Å². The topological polar surface area (TPSA) is 86.8 Å². The van der Waals surface area contributed by atoms with Crippen LogP contribution in [0.3, 0.4) is 0 Å². The van der Waals surface area contributed by atoms with Crippen molar-refractivity contribution in [1.29, 1.82) is 0 Å². The molecular weight excluding hydrogens is 438 g/mol. The van der Waals surface area contributed by atoms with E-state index in [1.165, 1.54) is 4.90 Å². The van der Waals surface area contributed by atoms with E-state index >= 15 is 0 Å². The highest BCUT2D eigenvalue weighted by atomic mass is 35.5. The van der Waals surface area contributed by atoms with Gasteiger partial charge in [0, 0.05) is 24.7 Å². The van der Waals surface area contributed by atoms with Gasteiger partial charge in [0.1, 0.15) is 5.54 Å². The molecule has 1 N–H and O–H groups in total. The van der Waals surface area contributed by atoms with Gasteiger partial charge in [-0.1, -0.05) is 53.6 Å². The predicted molar refractivity (Wildman–Crippen MR) is 120 cm³/mol. The second-order valence-corrected chi connectivity index (χ2v) is 10.5. The van der Waals surface area contributed by atoms with Crippen LogP contribution in [0.2, 0.25) is 5.02 Å². The van der Waals surface area contributed by atoms with Crippen LogP contribution in [0.1, 0.15) is 23.6 Å². The zero-order chi connectivity index (χ0) is 22.8. The van der Waals surface area contributed by atoms with Crippen LogP contribution in [0, 0.1) is 6.92 Å². The van der Waals surface area contributed by atoms with Gasteiger partial charge in [-0.05, 0) is 37.1 Å². The molecule has 1 heterocycles. The van der Waals surface area contributed by atoms with E-state index in [9.17, 15) is 18.0 Å². The molecular formula is C22H26ClN3O4S. The molecule has 0 spiro atoms. The van der Waals surface area contributed by atoms with Crippen LogP contribution in [0.15, 0.2) is 48.5 Å². The van der Waals surface area contributed by atoms with Crippen molar-refractivity contribution in [2.75, 3.05) is 19.3 Å². The maximum atomic E-state index is 13.3. The molecule has 2 amide bonds. The summed E-state index contributed by atoms with van der Waals surface area (Å²) in [6.07, 6.45) is 1.04. The molecule has 0 unspecified atom stereocenters. The third-order valence-electron chi connectivity index (χ3n) is 5.48. The van der Waals surface area contributed by atoms with E-state index in [0.29, 0.717) is 5.02 Å². The summed E-state index contributed by atoms with van der Waals surface area (Å²) >= 11 is 5.91. The summed E-state index contributed by atoms with van der Waals surface area (Å²) in [5.41, 5.74) is 1.42. The zero-order valence-corrected chi connectivity index (χ0v) is 19.3. The minimum absolute atomic E-state index is 0.115. The first kappa shape index (κ1) is 23.2. The summed E-state index contributed by atoms with van der Waals surface area (Å²) in [6.45, 7) is 3.61. The number of hydrogen-bond donors (Lipinski definition) is 1. The number of piperazine rings is 1. The maximum Gasteiger partial charge on any atom is 0.247 e. The van der Waals surface area contributed by atoms with Gasteiger partial charge in [-0.15, -0.1) is 0 Å². The predicted octanol–water partition coefficient (Wildman–Crippen LogP) is 2.33. The van der Waals surface area contributed by atoms with Crippen LogP contribution in [-0.2, 0) is 32.7 Å². The average Bonchev–Trinajstić information content (AvgIpc) is 2.70. The van der Waals surface area contributed by atoms with Crippen LogP contribution in [0.25, 0.3) is 0 Å². The number of nitrogens with zero attached hydrogens (tertiary/aromatic N) is 2. The van der Waals surface area contributed by atoms with Gasteiger partial charge in [0.05, 0.1) is 12.8 Å². The lowest BCUT2D eigenvalue weighted by molar-refractivity contribution is -0.153. The highest BCUT2D eigenvalue weighted by Crippen LogP contribution is 2.27. The fourth-order valence-electron chi connectivity index (χ4n) is 3.54. The Morgan fingerprint density at radius 2 is 1.68 bits per heavy atom. The number of amides is 2. The molecule has 1 aliphatic rings. The minimum atomic E-state index is -3.65. The lowest BCUT2D eigenvalue weighted by Gasteiger charge is -2.46. The molecule has 2 aromatic rings. The molecule has 0 saturated carbocycles. The van der Waals surface area contributed by atoms with Crippen LogP contribution >= 0.6 is 11.6 Å². The Morgan fingerprint density at radius 1 is 1.10 bits per heavy atom.